The Hall–Kier alpha value is -3.53. The second kappa shape index (κ2) is 11.2. The molecule has 3 aromatic rings. The third-order valence-corrected chi connectivity index (χ3v) is 5.32. The highest BCUT2D eigenvalue weighted by molar-refractivity contribution is 7.09. The number of nitrogens with one attached hydrogen (secondary N) is 3. The number of rotatable bonds is 7. The number of hydrogen-bond donors (Lipinski definition) is 4. The molecule has 0 aliphatic carbocycles. The van der Waals surface area contributed by atoms with Gasteiger partial charge in [-0.15, -0.1) is 11.3 Å². The average Bonchev–Trinajstić information content (AvgIpc) is 3.31. The summed E-state index contributed by atoms with van der Waals surface area (Å²) in [5, 5.41) is 20.9. The molecule has 0 spiro atoms. The van der Waals surface area contributed by atoms with E-state index in [9.17, 15) is 19.5 Å². The highest BCUT2D eigenvalue weighted by Gasteiger charge is 2.20. The zero-order chi connectivity index (χ0) is 23.8. The van der Waals surface area contributed by atoms with Crippen molar-refractivity contribution >= 4 is 34.3 Å². The SMILES string of the molecule is CC.CCn1[nH]c(=O)c(NCc2cccs2)c(Nc2cccc(C(=O)N(C)C)c2O)c1=O. The second-order valence-electron chi connectivity index (χ2n) is 6.70. The highest BCUT2D eigenvalue weighted by Crippen LogP contribution is 2.31. The molecule has 0 unspecified atom stereocenters. The number of anilines is 3. The van der Waals surface area contributed by atoms with Crippen molar-refractivity contribution in [3.05, 3.63) is 66.9 Å². The van der Waals surface area contributed by atoms with Crippen LogP contribution in [0.2, 0.25) is 0 Å². The molecule has 2 aromatic heterocycles. The predicted octanol–water partition coefficient (Wildman–Crippen LogP) is 3.41. The number of aromatic nitrogens is 2. The van der Waals surface area contributed by atoms with Gasteiger partial charge in [0.2, 0.25) is 0 Å². The van der Waals surface area contributed by atoms with Gasteiger partial charge in [0, 0.05) is 32.1 Å². The molecule has 0 fully saturated rings. The molecule has 0 saturated heterocycles. The summed E-state index contributed by atoms with van der Waals surface area (Å²) >= 11 is 1.52. The smallest absolute Gasteiger partial charge is 0.291 e. The first-order chi connectivity index (χ1) is 15.3. The zero-order valence-electron chi connectivity index (χ0n) is 18.9. The monoisotopic (exact) mass is 459 g/mol. The van der Waals surface area contributed by atoms with Crippen molar-refractivity contribution in [1.29, 1.82) is 0 Å². The van der Waals surface area contributed by atoms with Crippen LogP contribution in [0.25, 0.3) is 0 Å². The fourth-order valence-corrected chi connectivity index (χ4v) is 3.52. The van der Waals surface area contributed by atoms with Gasteiger partial charge in [0.15, 0.2) is 5.75 Å². The Morgan fingerprint density at radius 3 is 2.47 bits per heavy atom. The van der Waals surface area contributed by atoms with Crippen LogP contribution < -0.4 is 21.8 Å². The molecule has 0 aliphatic heterocycles. The third-order valence-electron chi connectivity index (χ3n) is 4.44. The topological polar surface area (TPSA) is 119 Å². The number of aryl methyl sites for hydroxylation is 1. The Balaban J connectivity index is 0.00000176. The molecule has 3 rings (SSSR count). The van der Waals surface area contributed by atoms with Gasteiger partial charge < -0.3 is 20.6 Å². The maximum Gasteiger partial charge on any atom is 0.291 e. The summed E-state index contributed by atoms with van der Waals surface area (Å²) in [4.78, 5) is 40.2. The second-order valence-corrected chi connectivity index (χ2v) is 7.73. The largest absolute Gasteiger partial charge is 0.505 e. The first kappa shape index (κ1) is 24.7. The van der Waals surface area contributed by atoms with Crippen LogP contribution in [0.15, 0.2) is 45.3 Å². The molecule has 10 heteroatoms. The van der Waals surface area contributed by atoms with Gasteiger partial charge >= 0.3 is 0 Å². The summed E-state index contributed by atoms with van der Waals surface area (Å²) in [5.74, 6) is -0.688. The molecule has 0 atom stereocenters. The molecule has 1 amide bonds. The van der Waals surface area contributed by atoms with Gasteiger partial charge in [-0.2, -0.15) is 0 Å². The van der Waals surface area contributed by atoms with Crippen LogP contribution in [0.1, 0.15) is 36.0 Å². The van der Waals surface area contributed by atoms with Gasteiger partial charge in [0.1, 0.15) is 11.4 Å². The number of benzene rings is 1. The lowest BCUT2D eigenvalue weighted by Crippen LogP contribution is -2.33. The summed E-state index contributed by atoms with van der Waals surface area (Å²) in [6.45, 7) is 6.35. The van der Waals surface area contributed by atoms with E-state index in [4.69, 9.17) is 0 Å². The number of nitrogens with zero attached hydrogens (tertiary/aromatic N) is 2. The Kier molecular flexibility index (Phi) is 8.65. The van der Waals surface area contributed by atoms with Crippen LogP contribution in [-0.2, 0) is 13.1 Å². The number of aromatic amines is 1. The number of phenolic OH excluding ortho intramolecular Hbond substituents is 1. The lowest BCUT2D eigenvalue weighted by Gasteiger charge is -2.17. The van der Waals surface area contributed by atoms with Crippen molar-refractivity contribution in [1.82, 2.24) is 14.7 Å². The first-order valence-electron chi connectivity index (χ1n) is 10.3. The van der Waals surface area contributed by atoms with E-state index in [-0.39, 0.29) is 40.8 Å². The quantitative estimate of drug-likeness (QED) is 0.402. The molecule has 0 aliphatic rings. The number of amides is 1. The Labute approximate surface area is 190 Å². The number of carbonyl (C=O) groups excluding carboxylic acids is 1. The standard InChI is InChI=1S/C20H23N5O4S.C2H6/c1-4-25-20(29)16(15(18(27)23-25)21-11-12-7-6-10-30-12)22-14-9-5-8-13(17(14)26)19(28)24(2)3;1-2/h5-10,21-22,26H,4,11H2,1-3H3,(H,23,27);1-2H3. The molecule has 0 bridgehead atoms. The van der Waals surface area contributed by atoms with E-state index in [2.05, 4.69) is 15.7 Å². The van der Waals surface area contributed by atoms with Crippen molar-refractivity contribution in [3.8, 4) is 5.75 Å². The van der Waals surface area contributed by atoms with Crippen molar-refractivity contribution in [2.24, 2.45) is 0 Å². The number of carbonyl (C=O) groups is 1. The van der Waals surface area contributed by atoms with Crippen LogP contribution in [0, 0.1) is 0 Å². The number of hydrogen-bond acceptors (Lipinski definition) is 7. The van der Waals surface area contributed by atoms with Gasteiger partial charge in [-0.25, -0.2) is 4.68 Å². The van der Waals surface area contributed by atoms with E-state index >= 15 is 0 Å². The minimum Gasteiger partial charge on any atom is -0.505 e. The summed E-state index contributed by atoms with van der Waals surface area (Å²) in [6.07, 6.45) is 0. The zero-order valence-corrected chi connectivity index (χ0v) is 19.7. The van der Waals surface area contributed by atoms with E-state index in [0.29, 0.717) is 6.54 Å². The first-order valence-corrected chi connectivity index (χ1v) is 11.2. The number of thiophene rings is 1. The van der Waals surface area contributed by atoms with E-state index in [1.807, 2.05) is 31.4 Å². The van der Waals surface area contributed by atoms with E-state index in [0.717, 1.165) is 4.88 Å². The van der Waals surface area contributed by atoms with E-state index in [1.54, 1.807) is 27.1 Å². The molecule has 1 aromatic carbocycles. The molecule has 9 nitrogen and oxygen atoms in total. The molecule has 4 N–H and O–H groups in total. The van der Waals surface area contributed by atoms with Crippen LogP contribution in [-0.4, -0.2) is 39.8 Å². The molecular formula is C22H29N5O4S. The Morgan fingerprint density at radius 2 is 1.88 bits per heavy atom. The molecular weight excluding hydrogens is 430 g/mol. The van der Waals surface area contributed by atoms with Crippen LogP contribution in [0.3, 0.4) is 0 Å². The normalized spacial score (nSPS) is 10.2. The van der Waals surface area contributed by atoms with Crippen molar-refractivity contribution < 1.29 is 9.90 Å². The van der Waals surface area contributed by atoms with Crippen molar-refractivity contribution in [2.45, 2.75) is 33.9 Å². The van der Waals surface area contributed by atoms with Crippen molar-refractivity contribution in [3.63, 3.8) is 0 Å². The fraction of sp³-hybridized carbons (Fsp3) is 0.318. The summed E-state index contributed by atoms with van der Waals surface area (Å²) in [7, 11) is 3.15. The minimum absolute atomic E-state index is 0.0121. The van der Waals surface area contributed by atoms with Gasteiger partial charge in [-0.1, -0.05) is 26.0 Å². The van der Waals surface area contributed by atoms with E-state index in [1.165, 1.54) is 33.1 Å². The third kappa shape index (κ3) is 5.38. The maximum absolute atomic E-state index is 12.9. The minimum atomic E-state index is -0.476. The number of H-pyrrole nitrogens is 1. The summed E-state index contributed by atoms with van der Waals surface area (Å²) in [6, 6.07) is 8.41. The van der Waals surface area contributed by atoms with Gasteiger partial charge in [0.25, 0.3) is 17.0 Å². The fourth-order valence-electron chi connectivity index (χ4n) is 2.87. The lowest BCUT2D eigenvalue weighted by atomic mass is 10.1. The molecule has 172 valence electrons. The summed E-state index contributed by atoms with van der Waals surface area (Å²) < 4.78 is 1.17. The number of aromatic hydroxyl groups is 1. The predicted molar refractivity (Wildman–Crippen MR) is 129 cm³/mol. The Morgan fingerprint density at radius 1 is 1.16 bits per heavy atom. The van der Waals surface area contributed by atoms with Crippen LogP contribution in [0.5, 0.6) is 5.75 Å². The van der Waals surface area contributed by atoms with Crippen LogP contribution >= 0.6 is 11.3 Å². The Bertz CT molecular complexity index is 1170. The molecule has 32 heavy (non-hydrogen) atoms. The number of para-hydroxylation sites is 1. The maximum atomic E-state index is 12.9. The number of phenols is 1. The molecule has 0 saturated carbocycles. The average molecular weight is 460 g/mol. The molecule has 2 heterocycles. The highest BCUT2D eigenvalue weighted by atomic mass is 32.1. The van der Waals surface area contributed by atoms with Crippen molar-refractivity contribution in [2.75, 3.05) is 24.7 Å². The lowest BCUT2D eigenvalue weighted by molar-refractivity contribution is 0.0824. The van der Waals surface area contributed by atoms with Gasteiger partial charge in [-0.05, 0) is 30.5 Å². The van der Waals surface area contributed by atoms with E-state index < -0.39 is 11.1 Å². The van der Waals surface area contributed by atoms with Gasteiger partial charge in [-0.3, -0.25) is 19.5 Å². The molecule has 0 radical (unpaired) electrons. The summed E-state index contributed by atoms with van der Waals surface area (Å²) in [5.41, 5.74) is -0.667. The van der Waals surface area contributed by atoms with Crippen LogP contribution in [0.4, 0.5) is 17.1 Å². The van der Waals surface area contributed by atoms with Gasteiger partial charge in [0.05, 0.1) is 11.3 Å².